The molecule has 0 unspecified atom stereocenters. The highest BCUT2D eigenvalue weighted by Crippen LogP contribution is 2.27. The molecule has 1 aromatic heterocycles. The van der Waals surface area contributed by atoms with Gasteiger partial charge in [0.25, 0.3) is 5.91 Å². The third kappa shape index (κ3) is 2.36. The molecule has 0 bridgehead atoms. The summed E-state index contributed by atoms with van der Waals surface area (Å²) >= 11 is 1.64. The Morgan fingerprint density at radius 3 is 3.15 bits per heavy atom. The Morgan fingerprint density at radius 1 is 1.45 bits per heavy atom. The average molecular weight is 290 g/mol. The first-order valence-electron chi connectivity index (χ1n) is 6.38. The maximum Gasteiger partial charge on any atom is 0.261 e. The molecule has 2 aromatic rings. The molecule has 0 saturated heterocycles. The van der Waals surface area contributed by atoms with Gasteiger partial charge in [0.1, 0.15) is 5.75 Å². The Hall–Kier alpha value is -2.02. The van der Waals surface area contributed by atoms with E-state index in [0.29, 0.717) is 23.9 Å². The van der Waals surface area contributed by atoms with E-state index in [2.05, 4.69) is 15.5 Å². The molecule has 0 fully saturated rings. The van der Waals surface area contributed by atoms with Gasteiger partial charge in [-0.15, -0.1) is 10.2 Å². The SMILES string of the molecule is CCOc1ccccc1C(=O)Nc1nnc2n1CCS2. The number of hydrogen-bond acceptors (Lipinski definition) is 5. The molecular formula is C13H14N4O2S. The first kappa shape index (κ1) is 13.0. The Labute approximate surface area is 120 Å². The van der Waals surface area contributed by atoms with Crippen molar-refractivity contribution in [3.05, 3.63) is 29.8 Å². The molecule has 1 aromatic carbocycles. The standard InChI is InChI=1S/C13H14N4O2S/c1-2-19-10-6-4-3-5-9(10)11(18)14-12-15-16-13-17(12)7-8-20-13/h3-6H,2,7-8H2,1H3,(H,14,15,18). The molecule has 2 heterocycles. The summed E-state index contributed by atoms with van der Waals surface area (Å²) in [6.45, 7) is 3.22. The van der Waals surface area contributed by atoms with Crippen molar-refractivity contribution in [2.75, 3.05) is 17.7 Å². The number of anilines is 1. The van der Waals surface area contributed by atoms with Crippen LogP contribution in [0.15, 0.2) is 29.4 Å². The van der Waals surface area contributed by atoms with Crippen molar-refractivity contribution in [3.63, 3.8) is 0 Å². The van der Waals surface area contributed by atoms with Gasteiger partial charge in [-0.3, -0.25) is 14.7 Å². The van der Waals surface area contributed by atoms with E-state index < -0.39 is 0 Å². The number of nitrogens with zero attached hydrogens (tertiary/aromatic N) is 3. The molecule has 0 spiro atoms. The quantitative estimate of drug-likeness (QED) is 0.933. The highest BCUT2D eigenvalue weighted by Gasteiger charge is 2.21. The fourth-order valence-corrected chi connectivity index (χ4v) is 2.91. The van der Waals surface area contributed by atoms with E-state index in [9.17, 15) is 4.79 Å². The number of thioether (sulfide) groups is 1. The third-order valence-corrected chi connectivity index (χ3v) is 3.87. The van der Waals surface area contributed by atoms with Crippen LogP contribution in [0.25, 0.3) is 0 Å². The second-order valence-corrected chi connectivity index (χ2v) is 5.25. The fraction of sp³-hybridized carbons (Fsp3) is 0.308. The van der Waals surface area contributed by atoms with Crippen molar-refractivity contribution in [2.45, 2.75) is 18.6 Å². The summed E-state index contributed by atoms with van der Waals surface area (Å²) in [6.07, 6.45) is 0. The van der Waals surface area contributed by atoms with Gasteiger partial charge in [0, 0.05) is 12.3 Å². The highest BCUT2D eigenvalue weighted by molar-refractivity contribution is 7.99. The fourth-order valence-electron chi connectivity index (χ4n) is 2.02. The molecule has 0 aliphatic carbocycles. The summed E-state index contributed by atoms with van der Waals surface area (Å²) in [6, 6.07) is 7.16. The van der Waals surface area contributed by atoms with Gasteiger partial charge in [-0.25, -0.2) is 0 Å². The first-order valence-corrected chi connectivity index (χ1v) is 7.37. The lowest BCUT2D eigenvalue weighted by molar-refractivity contribution is 0.102. The van der Waals surface area contributed by atoms with E-state index >= 15 is 0 Å². The van der Waals surface area contributed by atoms with Crippen molar-refractivity contribution >= 4 is 23.6 Å². The van der Waals surface area contributed by atoms with Crippen molar-refractivity contribution in [3.8, 4) is 5.75 Å². The summed E-state index contributed by atoms with van der Waals surface area (Å²) in [5.74, 6) is 1.79. The summed E-state index contributed by atoms with van der Waals surface area (Å²) in [5.41, 5.74) is 0.498. The molecule has 6 nitrogen and oxygen atoms in total. The molecule has 104 valence electrons. The second kappa shape index (κ2) is 5.54. The van der Waals surface area contributed by atoms with Crippen LogP contribution in [0.5, 0.6) is 5.75 Å². The lowest BCUT2D eigenvalue weighted by Crippen LogP contribution is -2.17. The summed E-state index contributed by atoms with van der Waals surface area (Å²) < 4.78 is 7.37. The minimum atomic E-state index is -0.235. The van der Waals surface area contributed by atoms with Gasteiger partial charge >= 0.3 is 0 Å². The van der Waals surface area contributed by atoms with E-state index in [1.54, 1.807) is 23.9 Å². The Balaban J connectivity index is 1.82. The number of benzene rings is 1. The molecule has 0 atom stereocenters. The zero-order valence-corrected chi connectivity index (χ0v) is 11.8. The zero-order valence-electron chi connectivity index (χ0n) is 11.0. The molecule has 3 rings (SSSR count). The number of ether oxygens (including phenoxy) is 1. The van der Waals surface area contributed by atoms with Crippen LogP contribution in [-0.4, -0.2) is 33.0 Å². The van der Waals surface area contributed by atoms with Crippen molar-refractivity contribution in [2.24, 2.45) is 0 Å². The number of aromatic nitrogens is 3. The molecule has 1 amide bonds. The van der Waals surface area contributed by atoms with Crippen molar-refractivity contribution < 1.29 is 9.53 Å². The van der Waals surface area contributed by atoms with Crippen LogP contribution in [0, 0.1) is 0 Å². The van der Waals surface area contributed by atoms with E-state index in [0.717, 1.165) is 17.5 Å². The normalized spacial score (nSPS) is 13.1. The topological polar surface area (TPSA) is 69.0 Å². The zero-order chi connectivity index (χ0) is 13.9. The summed E-state index contributed by atoms with van der Waals surface area (Å²) in [5, 5.41) is 11.7. The summed E-state index contributed by atoms with van der Waals surface area (Å²) in [4.78, 5) is 12.3. The smallest absolute Gasteiger partial charge is 0.261 e. The average Bonchev–Trinajstić information content (AvgIpc) is 3.05. The molecule has 1 N–H and O–H groups in total. The lowest BCUT2D eigenvalue weighted by atomic mass is 10.2. The van der Waals surface area contributed by atoms with Gasteiger partial charge in [-0.2, -0.15) is 0 Å². The van der Waals surface area contributed by atoms with Gasteiger partial charge in [-0.1, -0.05) is 23.9 Å². The number of hydrogen-bond donors (Lipinski definition) is 1. The number of carbonyl (C=O) groups excluding carboxylic acids is 1. The molecule has 1 aliphatic rings. The van der Waals surface area contributed by atoms with Crippen LogP contribution in [0.4, 0.5) is 5.95 Å². The molecule has 20 heavy (non-hydrogen) atoms. The maximum atomic E-state index is 12.3. The van der Waals surface area contributed by atoms with E-state index in [1.807, 2.05) is 23.6 Å². The second-order valence-electron chi connectivity index (χ2n) is 4.19. The predicted molar refractivity (Wildman–Crippen MR) is 76.3 cm³/mol. The highest BCUT2D eigenvalue weighted by atomic mass is 32.2. The van der Waals surface area contributed by atoms with Crippen LogP contribution >= 0.6 is 11.8 Å². The van der Waals surface area contributed by atoms with Crippen LogP contribution in [0.2, 0.25) is 0 Å². The number of carbonyl (C=O) groups is 1. The number of fused-ring (bicyclic) bond motifs is 1. The number of para-hydroxylation sites is 1. The van der Waals surface area contributed by atoms with Gasteiger partial charge < -0.3 is 4.74 Å². The van der Waals surface area contributed by atoms with Crippen LogP contribution in [0.1, 0.15) is 17.3 Å². The molecule has 1 aliphatic heterocycles. The molecular weight excluding hydrogens is 276 g/mol. The third-order valence-electron chi connectivity index (χ3n) is 2.92. The van der Waals surface area contributed by atoms with E-state index in [4.69, 9.17) is 4.74 Å². The van der Waals surface area contributed by atoms with Crippen LogP contribution in [0.3, 0.4) is 0 Å². The van der Waals surface area contributed by atoms with Gasteiger partial charge in [0.15, 0.2) is 5.16 Å². The Morgan fingerprint density at radius 2 is 2.30 bits per heavy atom. The number of rotatable bonds is 4. The largest absolute Gasteiger partial charge is 0.493 e. The van der Waals surface area contributed by atoms with Gasteiger partial charge in [0.2, 0.25) is 5.95 Å². The summed E-state index contributed by atoms with van der Waals surface area (Å²) in [7, 11) is 0. The predicted octanol–water partition coefficient (Wildman–Crippen LogP) is 2.03. The molecule has 0 saturated carbocycles. The Bertz CT molecular complexity index is 641. The minimum absolute atomic E-state index is 0.235. The van der Waals surface area contributed by atoms with Crippen molar-refractivity contribution in [1.82, 2.24) is 14.8 Å². The monoisotopic (exact) mass is 290 g/mol. The molecule has 0 radical (unpaired) electrons. The van der Waals surface area contributed by atoms with E-state index in [-0.39, 0.29) is 5.91 Å². The van der Waals surface area contributed by atoms with Crippen LogP contribution < -0.4 is 10.1 Å². The molecule has 7 heteroatoms. The minimum Gasteiger partial charge on any atom is -0.493 e. The lowest BCUT2D eigenvalue weighted by Gasteiger charge is -2.10. The van der Waals surface area contributed by atoms with Crippen LogP contribution in [-0.2, 0) is 6.54 Å². The maximum absolute atomic E-state index is 12.3. The Kier molecular flexibility index (Phi) is 3.60. The number of amides is 1. The number of nitrogens with one attached hydrogen (secondary N) is 1. The van der Waals surface area contributed by atoms with E-state index in [1.165, 1.54) is 0 Å². The van der Waals surface area contributed by atoms with Gasteiger partial charge in [0.05, 0.1) is 12.2 Å². The van der Waals surface area contributed by atoms with Crippen molar-refractivity contribution in [1.29, 1.82) is 0 Å². The van der Waals surface area contributed by atoms with Gasteiger partial charge in [-0.05, 0) is 19.1 Å². The first-order chi connectivity index (χ1) is 9.79.